The van der Waals surface area contributed by atoms with E-state index in [-0.39, 0.29) is 12.0 Å². The summed E-state index contributed by atoms with van der Waals surface area (Å²) in [6.07, 6.45) is 1.43. The van der Waals surface area contributed by atoms with Crippen LogP contribution >= 0.6 is 11.6 Å². The van der Waals surface area contributed by atoms with Crippen molar-refractivity contribution < 1.29 is 9.53 Å². The molecule has 120 valence electrons. The molecule has 0 radical (unpaired) electrons. The highest BCUT2D eigenvalue weighted by atomic mass is 35.5. The third-order valence-corrected chi connectivity index (χ3v) is 4.18. The van der Waals surface area contributed by atoms with Crippen molar-refractivity contribution in [1.82, 2.24) is 0 Å². The Kier molecular flexibility index (Phi) is 5.16. The molecule has 0 aliphatic carbocycles. The van der Waals surface area contributed by atoms with E-state index in [1.165, 1.54) is 0 Å². The molecule has 1 fully saturated rings. The van der Waals surface area contributed by atoms with E-state index in [9.17, 15) is 4.79 Å². The largest absolute Gasteiger partial charge is 0.381 e. The summed E-state index contributed by atoms with van der Waals surface area (Å²) in [5, 5.41) is 6.95. The first-order chi connectivity index (χ1) is 11.2. The van der Waals surface area contributed by atoms with E-state index >= 15 is 0 Å². The number of carbonyl (C=O) groups is 1. The zero-order valence-electron chi connectivity index (χ0n) is 12.7. The van der Waals surface area contributed by atoms with Crippen LogP contribution in [0.3, 0.4) is 0 Å². The van der Waals surface area contributed by atoms with Crippen molar-refractivity contribution in [3.8, 4) is 0 Å². The number of rotatable bonds is 5. The molecule has 1 unspecified atom stereocenters. The highest BCUT2D eigenvalue weighted by Crippen LogP contribution is 2.19. The van der Waals surface area contributed by atoms with E-state index in [1.807, 2.05) is 48.5 Å². The van der Waals surface area contributed by atoms with Gasteiger partial charge in [-0.3, -0.25) is 4.79 Å². The summed E-state index contributed by atoms with van der Waals surface area (Å²) >= 11 is 6.14. The summed E-state index contributed by atoms with van der Waals surface area (Å²) in [6, 6.07) is 15.4. The lowest BCUT2D eigenvalue weighted by Crippen LogP contribution is -2.26. The Balaban J connectivity index is 1.54. The Hall–Kier alpha value is -2.04. The summed E-state index contributed by atoms with van der Waals surface area (Å²) < 4.78 is 5.37. The molecule has 4 nitrogen and oxygen atoms in total. The monoisotopic (exact) mass is 330 g/mol. The van der Waals surface area contributed by atoms with Crippen molar-refractivity contribution in [2.45, 2.75) is 25.5 Å². The van der Waals surface area contributed by atoms with Crippen LogP contribution in [0.2, 0.25) is 5.02 Å². The van der Waals surface area contributed by atoms with Crippen LogP contribution in [0.4, 0.5) is 11.4 Å². The van der Waals surface area contributed by atoms with E-state index in [4.69, 9.17) is 16.3 Å². The number of nitrogens with one attached hydrogen (secondary N) is 2. The molecule has 1 aliphatic heterocycles. The topological polar surface area (TPSA) is 50.4 Å². The van der Waals surface area contributed by atoms with Crippen LogP contribution in [0.15, 0.2) is 48.5 Å². The molecule has 1 heterocycles. The quantitative estimate of drug-likeness (QED) is 0.868. The predicted octanol–water partition coefficient (Wildman–Crippen LogP) is 4.07. The van der Waals surface area contributed by atoms with E-state index in [1.54, 1.807) is 0 Å². The lowest BCUT2D eigenvalue weighted by atomic mass is 10.2. The second-order valence-electron chi connectivity index (χ2n) is 5.51. The Labute approximate surface area is 140 Å². The summed E-state index contributed by atoms with van der Waals surface area (Å²) in [5.41, 5.74) is 2.79. The molecular weight excluding hydrogens is 312 g/mol. The lowest BCUT2D eigenvalue weighted by Gasteiger charge is -2.12. The fourth-order valence-corrected chi connectivity index (χ4v) is 2.72. The van der Waals surface area contributed by atoms with Crippen LogP contribution in [0.1, 0.15) is 18.4 Å². The second kappa shape index (κ2) is 7.49. The SMILES string of the molecule is O=C(Nc1ccc(NCc2ccccc2Cl)cc1)C1CCCO1. The Bertz CT molecular complexity index is 667. The predicted molar refractivity (Wildman–Crippen MR) is 92.8 cm³/mol. The summed E-state index contributed by atoms with van der Waals surface area (Å²) in [6.45, 7) is 1.32. The van der Waals surface area contributed by atoms with Crippen molar-refractivity contribution in [1.29, 1.82) is 0 Å². The van der Waals surface area contributed by atoms with Gasteiger partial charge in [0.2, 0.25) is 0 Å². The van der Waals surface area contributed by atoms with E-state index in [2.05, 4.69) is 10.6 Å². The van der Waals surface area contributed by atoms with Crippen molar-refractivity contribution >= 4 is 28.9 Å². The molecule has 3 rings (SSSR count). The van der Waals surface area contributed by atoms with Gasteiger partial charge in [-0.05, 0) is 48.7 Å². The number of halogens is 1. The summed E-state index contributed by atoms with van der Waals surface area (Å²) in [7, 11) is 0. The standard InChI is InChI=1S/C18H19ClN2O2/c19-16-5-2-1-4-13(16)12-20-14-7-9-15(10-8-14)21-18(22)17-6-3-11-23-17/h1-2,4-5,7-10,17,20H,3,6,11-12H2,(H,21,22). The van der Waals surface area contributed by atoms with Crippen LogP contribution < -0.4 is 10.6 Å². The van der Waals surface area contributed by atoms with Crippen molar-refractivity contribution in [2.24, 2.45) is 0 Å². The zero-order chi connectivity index (χ0) is 16.1. The van der Waals surface area contributed by atoms with Gasteiger partial charge in [0.15, 0.2) is 0 Å². The van der Waals surface area contributed by atoms with Gasteiger partial charge in [0.1, 0.15) is 6.10 Å². The number of hydrogen-bond donors (Lipinski definition) is 2. The van der Waals surface area contributed by atoms with Gasteiger partial charge in [-0.1, -0.05) is 29.8 Å². The normalized spacial score (nSPS) is 17.0. The van der Waals surface area contributed by atoms with Crippen LogP contribution in [0.25, 0.3) is 0 Å². The molecule has 0 aromatic heterocycles. The molecule has 0 bridgehead atoms. The fourth-order valence-electron chi connectivity index (χ4n) is 2.52. The van der Waals surface area contributed by atoms with Gasteiger partial charge in [-0.25, -0.2) is 0 Å². The number of anilines is 2. The minimum absolute atomic E-state index is 0.0701. The average molecular weight is 331 g/mol. The molecule has 23 heavy (non-hydrogen) atoms. The number of amides is 1. The maximum Gasteiger partial charge on any atom is 0.253 e. The minimum Gasteiger partial charge on any atom is -0.381 e. The highest BCUT2D eigenvalue weighted by Gasteiger charge is 2.23. The van der Waals surface area contributed by atoms with Gasteiger partial charge in [0.05, 0.1) is 0 Å². The maximum atomic E-state index is 12.0. The van der Waals surface area contributed by atoms with Crippen LogP contribution in [-0.4, -0.2) is 18.6 Å². The van der Waals surface area contributed by atoms with E-state index in [0.717, 1.165) is 34.8 Å². The van der Waals surface area contributed by atoms with Gasteiger partial charge >= 0.3 is 0 Å². The molecule has 2 aromatic rings. The van der Waals surface area contributed by atoms with Crippen molar-refractivity contribution in [3.05, 3.63) is 59.1 Å². The first-order valence-corrected chi connectivity index (χ1v) is 8.10. The molecule has 5 heteroatoms. The Morgan fingerprint density at radius 3 is 2.57 bits per heavy atom. The Morgan fingerprint density at radius 2 is 1.87 bits per heavy atom. The zero-order valence-corrected chi connectivity index (χ0v) is 13.5. The lowest BCUT2D eigenvalue weighted by molar-refractivity contribution is -0.124. The average Bonchev–Trinajstić information content (AvgIpc) is 3.10. The molecular formula is C18H19ClN2O2. The summed E-state index contributed by atoms with van der Waals surface area (Å²) in [5.74, 6) is -0.0701. The summed E-state index contributed by atoms with van der Waals surface area (Å²) in [4.78, 5) is 12.0. The minimum atomic E-state index is -0.312. The van der Waals surface area contributed by atoms with Crippen molar-refractivity contribution in [2.75, 3.05) is 17.2 Å². The van der Waals surface area contributed by atoms with Crippen LogP contribution in [0.5, 0.6) is 0 Å². The molecule has 2 aromatic carbocycles. The fraction of sp³-hybridized carbons (Fsp3) is 0.278. The van der Waals surface area contributed by atoms with Crippen LogP contribution in [-0.2, 0) is 16.1 Å². The molecule has 2 N–H and O–H groups in total. The van der Waals surface area contributed by atoms with Gasteiger partial charge in [0, 0.05) is 29.5 Å². The first kappa shape index (κ1) is 15.8. The first-order valence-electron chi connectivity index (χ1n) is 7.72. The second-order valence-corrected chi connectivity index (χ2v) is 5.92. The number of ether oxygens (including phenoxy) is 1. The third kappa shape index (κ3) is 4.24. The molecule has 1 aliphatic rings. The van der Waals surface area contributed by atoms with Gasteiger partial charge < -0.3 is 15.4 Å². The van der Waals surface area contributed by atoms with Gasteiger partial charge in [-0.2, -0.15) is 0 Å². The Morgan fingerprint density at radius 1 is 1.13 bits per heavy atom. The number of carbonyl (C=O) groups excluding carboxylic acids is 1. The van der Waals surface area contributed by atoms with Crippen LogP contribution in [0, 0.1) is 0 Å². The molecule has 0 saturated carbocycles. The third-order valence-electron chi connectivity index (χ3n) is 3.82. The number of hydrogen-bond acceptors (Lipinski definition) is 3. The van der Waals surface area contributed by atoms with E-state index in [0.29, 0.717) is 13.2 Å². The smallest absolute Gasteiger partial charge is 0.253 e. The molecule has 1 saturated heterocycles. The molecule has 1 amide bonds. The van der Waals surface area contributed by atoms with Crippen molar-refractivity contribution in [3.63, 3.8) is 0 Å². The molecule has 1 atom stereocenters. The highest BCUT2D eigenvalue weighted by molar-refractivity contribution is 6.31. The maximum absolute atomic E-state index is 12.0. The number of benzene rings is 2. The van der Waals surface area contributed by atoms with E-state index < -0.39 is 0 Å². The van der Waals surface area contributed by atoms with Gasteiger partial charge in [-0.15, -0.1) is 0 Å². The van der Waals surface area contributed by atoms with Gasteiger partial charge in [0.25, 0.3) is 5.91 Å². The molecule has 0 spiro atoms.